The Morgan fingerprint density at radius 3 is 2.02 bits per heavy atom. The number of nitrogens with zero attached hydrogens (tertiary/aromatic N) is 1. The average Bonchev–Trinajstić information content (AvgIpc) is 3.58. The lowest BCUT2D eigenvalue weighted by Crippen LogP contribution is -2.27. The van der Waals surface area contributed by atoms with Crippen molar-refractivity contribution in [3.8, 4) is 18.6 Å². The number of terminal acetylenes is 1. The minimum atomic E-state index is -0.194. The molecule has 2 heterocycles. The first-order valence-electron chi connectivity index (χ1n) is 15.3. The third kappa shape index (κ3) is 25.9. The van der Waals surface area contributed by atoms with Crippen molar-refractivity contribution in [1.29, 1.82) is 0 Å². The summed E-state index contributed by atoms with van der Waals surface area (Å²) in [6.07, 6.45) is 16.0. The third-order valence-corrected chi connectivity index (χ3v) is 6.65. The van der Waals surface area contributed by atoms with Crippen molar-refractivity contribution in [2.24, 2.45) is 11.8 Å². The zero-order chi connectivity index (χ0) is 34.1. The zero-order valence-corrected chi connectivity index (χ0v) is 30.0. The lowest BCUT2D eigenvalue weighted by molar-refractivity contribution is -0.181. The van der Waals surface area contributed by atoms with Crippen LogP contribution in [0.15, 0.2) is 53.5 Å². The molecule has 2 N–H and O–H groups in total. The highest BCUT2D eigenvalue weighted by molar-refractivity contribution is 7.97. The van der Waals surface area contributed by atoms with E-state index in [0.29, 0.717) is 11.8 Å². The van der Waals surface area contributed by atoms with Gasteiger partial charge >= 0.3 is 0 Å². The minimum Gasteiger partial charge on any atom is -0.497 e. The second-order valence-electron chi connectivity index (χ2n) is 9.31. The number of carbonyl (C=O) groups is 1. The lowest BCUT2D eigenvalue weighted by atomic mass is 9.99. The van der Waals surface area contributed by atoms with Crippen molar-refractivity contribution in [3.05, 3.63) is 48.6 Å². The van der Waals surface area contributed by atoms with Crippen LogP contribution in [0.1, 0.15) is 81.6 Å². The van der Waals surface area contributed by atoms with Crippen molar-refractivity contribution in [2.75, 3.05) is 47.1 Å². The van der Waals surface area contributed by atoms with E-state index in [0.717, 1.165) is 64.1 Å². The topological polar surface area (TPSA) is 80.3 Å². The summed E-state index contributed by atoms with van der Waals surface area (Å²) in [6, 6.07) is 8.09. The number of fused-ring (bicyclic) bond motifs is 1. The smallest absolute Gasteiger partial charge is 0.207 e. The molecule has 0 bridgehead atoms. The van der Waals surface area contributed by atoms with Crippen LogP contribution in [0.2, 0.25) is 0 Å². The van der Waals surface area contributed by atoms with Crippen LogP contribution in [-0.4, -0.2) is 68.7 Å². The molecule has 2 saturated heterocycles. The van der Waals surface area contributed by atoms with Gasteiger partial charge in [0, 0.05) is 37.6 Å². The van der Waals surface area contributed by atoms with Gasteiger partial charge in [0.15, 0.2) is 5.79 Å². The van der Waals surface area contributed by atoms with E-state index in [9.17, 15) is 4.79 Å². The predicted octanol–water partition coefficient (Wildman–Crippen LogP) is 8.00. The van der Waals surface area contributed by atoms with Gasteiger partial charge in [0.2, 0.25) is 6.41 Å². The quantitative estimate of drug-likeness (QED) is 0.0849. The summed E-state index contributed by atoms with van der Waals surface area (Å²) in [4.78, 5) is 11.4. The maximum Gasteiger partial charge on any atom is 0.207 e. The number of aliphatic hydroxyl groups excluding tert-OH is 1. The Hall–Kier alpha value is -2.28. The maximum absolute atomic E-state index is 10.2. The van der Waals surface area contributed by atoms with Gasteiger partial charge < -0.3 is 24.6 Å². The maximum atomic E-state index is 10.2. The van der Waals surface area contributed by atoms with E-state index in [1.165, 1.54) is 17.7 Å². The molecule has 0 aliphatic carbocycles. The molecule has 3 rings (SSSR count). The molecular weight excluding hydrogens is 560 g/mol. The molecular formula is C35H64N2O5S. The van der Waals surface area contributed by atoms with E-state index in [-0.39, 0.29) is 5.79 Å². The van der Waals surface area contributed by atoms with Gasteiger partial charge in [-0.25, -0.2) is 4.31 Å². The van der Waals surface area contributed by atoms with Crippen molar-refractivity contribution < 1.29 is 24.1 Å². The second-order valence-corrected chi connectivity index (χ2v) is 10.5. The fraction of sp³-hybridized carbons (Fsp3) is 0.629. The summed E-state index contributed by atoms with van der Waals surface area (Å²) in [5.74, 6) is 1.97. The largest absolute Gasteiger partial charge is 0.497 e. The number of methoxy groups -OCH3 is 1. The molecule has 2 aliphatic rings. The van der Waals surface area contributed by atoms with Crippen LogP contribution in [0.5, 0.6) is 5.75 Å². The first kappa shape index (κ1) is 47.6. The number of carbonyl (C=O) groups excluding carboxylic acids is 1. The van der Waals surface area contributed by atoms with Gasteiger partial charge in [-0.2, -0.15) is 0 Å². The second kappa shape index (κ2) is 34.2. The molecule has 1 aromatic carbocycles. The molecule has 1 amide bonds. The Morgan fingerprint density at radius 2 is 1.67 bits per heavy atom. The Labute approximate surface area is 270 Å². The van der Waals surface area contributed by atoms with Crippen LogP contribution >= 0.6 is 11.9 Å². The van der Waals surface area contributed by atoms with Gasteiger partial charge in [0.1, 0.15) is 5.75 Å². The third-order valence-electron chi connectivity index (χ3n) is 5.58. The minimum absolute atomic E-state index is 0.194. The number of ether oxygens (including phenoxy) is 3. The normalized spacial score (nSPS) is 17.3. The molecule has 0 unspecified atom stereocenters. The van der Waals surface area contributed by atoms with Crippen molar-refractivity contribution in [2.45, 2.75) is 92.3 Å². The van der Waals surface area contributed by atoms with Crippen LogP contribution in [0.4, 0.5) is 0 Å². The molecule has 250 valence electrons. The molecule has 0 saturated carbocycles. The van der Waals surface area contributed by atoms with Gasteiger partial charge in [0.25, 0.3) is 0 Å². The molecule has 43 heavy (non-hydrogen) atoms. The number of hydrogen-bond acceptors (Lipinski definition) is 7. The van der Waals surface area contributed by atoms with Gasteiger partial charge in [0.05, 0.1) is 20.3 Å². The van der Waals surface area contributed by atoms with E-state index in [2.05, 4.69) is 62.0 Å². The summed E-state index contributed by atoms with van der Waals surface area (Å²) < 4.78 is 18.4. The van der Waals surface area contributed by atoms with E-state index in [4.69, 9.17) is 19.3 Å². The van der Waals surface area contributed by atoms with Crippen molar-refractivity contribution in [3.63, 3.8) is 0 Å². The Balaban J connectivity index is -0.000000272. The van der Waals surface area contributed by atoms with Crippen LogP contribution < -0.4 is 10.1 Å². The molecule has 0 spiro atoms. The van der Waals surface area contributed by atoms with Gasteiger partial charge in [-0.1, -0.05) is 65.8 Å². The monoisotopic (exact) mass is 624 g/mol. The average molecular weight is 625 g/mol. The summed E-state index contributed by atoms with van der Waals surface area (Å²) >= 11 is 1.76. The first-order valence-corrected chi connectivity index (χ1v) is 16.1. The van der Waals surface area contributed by atoms with Crippen LogP contribution in [0, 0.1) is 24.7 Å². The van der Waals surface area contributed by atoms with E-state index >= 15 is 0 Å². The number of aliphatic hydroxyl groups is 1. The molecule has 1 aromatic rings. The SMILES string of the molecule is C#C.C=C(C)/C=C\C.CC.CC.CC12OCCC1CCO2.CO.COc1ccc(SN(CCCNC=O)CC(C)C)cc1. The molecule has 2 aliphatic heterocycles. The van der Waals surface area contributed by atoms with Crippen LogP contribution in [0.25, 0.3) is 0 Å². The van der Waals surface area contributed by atoms with Gasteiger partial charge in [-0.15, -0.1) is 12.8 Å². The summed E-state index contributed by atoms with van der Waals surface area (Å²) in [6.45, 7) is 26.6. The Bertz CT molecular complexity index is 787. The zero-order valence-electron chi connectivity index (χ0n) is 29.2. The highest BCUT2D eigenvalue weighted by Crippen LogP contribution is 2.40. The highest BCUT2D eigenvalue weighted by Gasteiger charge is 2.44. The first-order chi connectivity index (χ1) is 20.7. The van der Waals surface area contributed by atoms with Crippen molar-refractivity contribution in [1.82, 2.24) is 9.62 Å². The molecule has 0 atom stereocenters. The number of rotatable bonds is 11. The molecule has 0 aromatic heterocycles. The number of allylic oxidation sites excluding steroid dienone is 3. The number of amides is 1. The fourth-order valence-corrected chi connectivity index (χ4v) is 4.97. The number of benzene rings is 1. The fourth-order valence-electron chi connectivity index (χ4n) is 3.82. The molecule has 8 heteroatoms. The van der Waals surface area contributed by atoms with Crippen LogP contribution in [-0.2, 0) is 14.3 Å². The molecule has 7 nitrogen and oxygen atoms in total. The van der Waals surface area contributed by atoms with E-state index < -0.39 is 0 Å². The van der Waals surface area contributed by atoms with Gasteiger partial charge in [-0.3, -0.25) is 4.79 Å². The van der Waals surface area contributed by atoms with Crippen molar-refractivity contribution >= 4 is 18.4 Å². The van der Waals surface area contributed by atoms with Gasteiger partial charge in [-0.05, 0) is 82.2 Å². The number of nitrogens with one attached hydrogen (secondary N) is 1. The summed E-state index contributed by atoms with van der Waals surface area (Å²) in [5, 5.41) is 9.70. The summed E-state index contributed by atoms with van der Waals surface area (Å²) in [5.41, 5.74) is 1.11. The summed E-state index contributed by atoms with van der Waals surface area (Å²) in [7, 11) is 2.67. The van der Waals surface area contributed by atoms with E-state index in [1.807, 2.05) is 65.8 Å². The molecule has 2 fully saturated rings. The Morgan fingerprint density at radius 1 is 1.16 bits per heavy atom. The number of hydrogen-bond donors (Lipinski definition) is 2. The standard InChI is InChI=1S/C15H24N2O2S.C7H12O2.C6H10.2C2H6.C2H2.CH4O/c1-13(2)11-17(10-4-9-16-12-18)20-15-7-5-14(19-3)6-8-15;1-7-6(2-4-8-7)3-5-9-7;1-4-5-6(2)3;4*1-2/h5-8,12-13H,4,9-11H2,1-3H3,(H,16,18);6H,2-5H2,1H3;4-5H,2H2,1,3H3;2*1-2H3;1-2H;2H,1H3/b;;5-4-;;;;. The lowest BCUT2D eigenvalue weighted by Gasteiger charge is -2.23. The predicted molar refractivity (Wildman–Crippen MR) is 187 cm³/mol. The molecule has 0 radical (unpaired) electrons. The van der Waals surface area contributed by atoms with Crippen LogP contribution in [0.3, 0.4) is 0 Å². The highest BCUT2D eigenvalue weighted by atomic mass is 32.2. The van der Waals surface area contributed by atoms with E-state index in [1.54, 1.807) is 19.1 Å². The Kier molecular flexibility index (Phi) is 37.9.